The fourth-order valence-electron chi connectivity index (χ4n) is 1.81. The van der Waals surface area contributed by atoms with Crippen molar-refractivity contribution in [2.75, 3.05) is 5.32 Å². The van der Waals surface area contributed by atoms with Crippen LogP contribution in [-0.4, -0.2) is 27.2 Å². The first-order valence-electron chi connectivity index (χ1n) is 6.69. The maximum Gasteiger partial charge on any atom is 0.339 e. The summed E-state index contributed by atoms with van der Waals surface area (Å²) in [7, 11) is 0. The minimum Gasteiger partial charge on any atom is -0.502 e. The molecule has 0 aliphatic rings. The molecular weight excluding hydrogens is 334 g/mol. The molecule has 0 unspecified atom stereocenters. The van der Waals surface area contributed by atoms with Crippen molar-refractivity contribution in [2.45, 2.75) is 0 Å². The molecule has 0 heterocycles. The second-order valence-corrected chi connectivity index (χ2v) is 4.61. The highest BCUT2D eigenvalue weighted by atomic mass is 16.6. The first-order valence-corrected chi connectivity index (χ1v) is 6.69. The number of benzene rings is 2. The molecule has 0 saturated heterocycles. The van der Waals surface area contributed by atoms with Gasteiger partial charge in [-0.25, -0.2) is 10.2 Å². The third-order valence-electron chi connectivity index (χ3n) is 2.91. The number of nitrogens with one attached hydrogen (secondary N) is 2. The Morgan fingerprint density at radius 2 is 1.80 bits per heavy atom. The number of rotatable bonds is 5. The summed E-state index contributed by atoms with van der Waals surface area (Å²) in [5, 5.41) is 37.4. The summed E-state index contributed by atoms with van der Waals surface area (Å²) in [6.07, 6.45) is 0.861. The Morgan fingerprint density at radius 3 is 2.40 bits per heavy atom. The van der Waals surface area contributed by atoms with Crippen molar-refractivity contribution in [3.05, 3.63) is 68.3 Å². The number of nitrogens with zero attached hydrogens (tertiary/aromatic N) is 3. The van der Waals surface area contributed by atoms with E-state index in [2.05, 4.69) is 15.8 Å². The van der Waals surface area contributed by atoms with Crippen LogP contribution in [-0.2, 0) is 0 Å². The van der Waals surface area contributed by atoms with Gasteiger partial charge in [0.25, 0.3) is 5.69 Å². The highest BCUT2D eigenvalue weighted by Crippen LogP contribution is 2.33. The number of amides is 2. The van der Waals surface area contributed by atoms with Gasteiger partial charge < -0.3 is 10.4 Å². The quantitative estimate of drug-likeness (QED) is 0.428. The van der Waals surface area contributed by atoms with E-state index in [1.807, 2.05) is 0 Å². The predicted octanol–water partition coefficient (Wildman–Crippen LogP) is 2.36. The van der Waals surface area contributed by atoms with Crippen LogP contribution in [0.1, 0.15) is 5.56 Å². The molecular formula is C14H11N5O6. The van der Waals surface area contributed by atoms with Crippen molar-refractivity contribution in [3.63, 3.8) is 0 Å². The molecule has 0 spiro atoms. The van der Waals surface area contributed by atoms with E-state index in [0.717, 1.165) is 12.3 Å². The molecule has 128 valence electrons. The van der Waals surface area contributed by atoms with Gasteiger partial charge in [-0.1, -0.05) is 18.2 Å². The number of hydrazone groups is 1. The lowest BCUT2D eigenvalue weighted by molar-refractivity contribution is -0.394. The van der Waals surface area contributed by atoms with Gasteiger partial charge in [0.05, 0.1) is 27.7 Å². The molecule has 0 saturated carbocycles. The van der Waals surface area contributed by atoms with E-state index < -0.39 is 33.0 Å². The molecule has 0 bridgehead atoms. The number of phenolic OH excluding ortho intramolecular Hbond substituents is 1. The van der Waals surface area contributed by atoms with Crippen molar-refractivity contribution < 1.29 is 19.7 Å². The average Bonchev–Trinajstić information content (AvgIpc) is 2.56. The van der Waals surface area contributed by atoms with Gasteiger partial charge in [-0.05, 0) is 12.1 Å². The normalized spacial score (nSPS) is 10.4. The van der Waals surface area contributed by atoms with Crippen molar-refractivity contribution in [2.24, 2.45) is 5.10 Å². The number of non-ortho nitro benzene ring substituents is 1. The Balaban J connectivity index is 2.15. The lowest BCUT2D eigenvalue weighted by Gasteiger charge is -2.04. The number of para-hydroxylation sites is 1. The molecule has 2 aromatic rings. The molecule has 0 aromatic heterocycles. The number of urea groups is 1. The lowest BCUT2D eigenvalue weighted by Crippen LogP contribution is -2.24. The Morgan fingerprint density at radius 1 is 1.12 bits per heavy atom. The zero-order chi connectivity index (χ0) is 18.4. The lowest BCUT2D eigenvalue weighted by atomic mass is 10.1. The third kappa shape index (κ3) is 4.48. The Bertz CT molecular complexity index is 852. The summed E-state index contributed by atoms with van der Waals surface area (Å²) < 4.78 is 0. The van der Waals surface area contributed by atoms with Crippen LogP contribution in [0.2, 0.25) is 0 Å². The summed E-state index contributed by atoms with van der Waals surface area (Å²) in [6, 6.07) is 9.27. The van der Waals surface area contributed by atoms with Gasteiger partial charge in [-0.2, -0.15) is 5.10 Å². The summed E-state index contributed by atoms with van der Waals surface area (Å²) in [5.41, 5.74) is 0.845. The fraction of sp³-hybridized carbons (Fsp3) is 0. The van der Waals surface area contributed by atoms with Crippen LogP contribution in [0, 0.1) is 20.2 Å². The predicted molar refractivity (Wildman–Crippen MR) is 87.6 cm³/mol. The van der Waals surface area contributed by atoms with Crippen molar-refractivity contribution in [3.8, 4) is 5.75 Å². The van der Waals surface area contributed by atoms with Gasteiger partial charge >= 0.3 is 11.7 Å². The molecule has 3 N–H and O–H groups in total. The maximum atomic E-state index is 11.6. The minimum atomic E-state index is -0.963. The van der Waals surface area contributed by atoms with E-state index in [-0.39, 0.29) is 5.56 Å². The molecule has 2 rings (SSSR count). The van der Waals surface area contributed by atoms with Crippen LogP contribution in [0.15, 0.2) is 47.6 Å². The zero-order valence-corrected chi connectivity index (χ0v) is 12.4. The maximum absolute atomic E-state index is 11.6. The van der Waals surface area contributed by atoms with E-state index in [0.29, 0.717) is 11.8 Å². The smallest absolute Gasteiger partial charge is 0.339 e. The van der Waals surface area contributed by atoms with E-state index >= 15 is 0 Å². The fourth-order valence-corrected chi connectivity index (χ4v) is 1.81. The topological polar surface area (TPSA) is 160 Å². The molecule has 2 aromatic carbocycles. The second kappa shape index (κ2) is 7.50. The third-order valence-corrected chi connectivity index (χ3v) is 2.91. The summed E-state index contributed by atoms with van der Waals surface area (Å²) in [6.45, 7) is 0. The highest BCUT2D eigenvalue weighted by Gasteiger charge is 2.23. The van der Waals surface area contributed by atoms with Crippen LogP contribution in [0.5, 0.6) is 5.75 Å². The number of hydrogen-bond donors (Lipinski definition) is 3. The Labute approximate surface area is 139 Å². The molecule has 0 aliphatic heterocycles. The van der Waals surface area contributed by atoms with Crippen LogP contribution < -0.4 is 10.7 Å². The number of aromatic hydroxyl groups is 1. The van der Waals surface area contributed by atoms with E-state index in [4.69, 9.17) is 0 Å². The zero-order valence-electron chi connectivity index (χ0n) is 12.4. The molecule has 25 heavy (non-hydrogen) atoms. The molecule has 0 fully saturated rings. The first-order chi connectivity index (χ1) is 11.9. The number of carbonyl (C=O) groups is 1. The second-order valence-electron chi connectivity index (χ2n) is 4.61. The Kier molecular flexibility index (Phi) is 5.20. The van der Waals surface area contributed by atoms with Gasteiger partial charge in [0, 0.05) is 11.8 Å². The van der Waals surface area contributed by atoms with E-state index in [1.54, 1.807) is 30.3 Å². The number of anilines is 1. The number of phenols is 1. The highest BCUT2D eigenvalue weighted by molar-refractivity contribution is 5.91. The van der Waals surface area contributed by atoms with Gasteiger partial charge in [-0.15, -0.1) is 0 Å². The molecule has 0 aliphatic carbocycles. The summed E-state index contributed by atoms with van der Waals surface area (Å²) in [4.78, 5) is 31.4. The molecule has 2 amide bonds. The van der Waals surface area contributed by atoms with Crippen molar-refractivity contribution >= 4 is 29.3 Å². The molecule has 11 nitrogen and oxygen atoms in total. The molecule has 0 atom stereocenters. The molecule has 0 radical (unpaired) electrons. The van der Waals surface area contributed by atoms with Crippen molar-refractivity contribution in [1.82, 2.24) is 5.43 Å². The van der Waals surface area contributed by atoms with Crippen LogP contribution in [0.25, 0.3) is 0 Å². The van der Waals surface area contributed by atoms with Crippen molar-refractivity contribution in [1.29, 1.82) is 0 Å². The average molecular weight is 345 g/mol. The van der Waals surface area contributed by atoms with Gasteiger partial charge in [-0.3, -0.25) is 20.2 Å². The minimum absolute atomic E-state index is 0.291. The largest absolute Gasteiger partial charge is 0.502 e. The van der Waals surface area contributed by atoms with Crippen LogP contribution >= 0.6 is 0 Å². The Hall–Kier alpha value is -4.02. The number of hydrogen-bond acceptors (Lipinski definition) is 7. The van der Waals surface area contributed by atoms with E-state index in [1.165, 1.54) is 0 Å². The number of nitro groups is 2. The summed E-state index contributed by atoms with van der Waals surface area (Å²) >= 11 is 0. The molecule has 11 heteroatoms. The number of carbonyl (C=O) groups excluding carboxylic acids is 1. The van der Waals surface area contributed by atoms with Gasteiger partial charge in [0.2, 0.25) is 5.75 Å². The monoisotopic (exact) mass is 345 g/mol. The van der Waals surface area contributed by atoms with Crippen LogP contribution in [0.4, 0.5) is 21.9 Å². The van der Waals surface area contributed by atoms with Crippen LogP contribution in [0.3, 0.4) is 0 Å². The summed E-state index contributed by atoms with van der Waals surface area (Å²) in [5.74, 6) is -0.801. The standard InChI is InChI=1S/C14H11N5O6/c20-13-9(6-11(18(22)23)7-12(13)19(24)25)8-15-17-14(21)16-10-4-2-1-3-5-10/h1-8,20H,(H2,16,17,21). The van der Waals surface area contributed by atoms with Gasteiger partial charge in [0.1, 0.15) is 0 Å². The van der Waals surface area contributed by atoms with Gasteiger partial charge in [0.15, 0.2) is 0 Å². The SMILES string of the molecule is O=C(NN=Cc1cc([N+](=O)[O-])cc([N+](=O)[O-])c1O)Nc1ccccc1. The number of nitro benzene ring substituents is 2. The van der Waals surface area contributed by atoms with E-state index in [9.17, 15) is 30.1 Å². The first kappa shape index (κ1) is 17.3.